The molecular weight excluding hydrogens is 944 g/mol. The van der Waals surface area contributed by atoms with Crippen molar-refractivity contribution in [3.8, 4) is 22.3 Å². The van der Waals surface area contributed by atoms with E-state index < -0.39 is 52.2 Å². The minimum absolute atomic E-state index is 0.00677. The number of rotatable bonds is 21. The molecule has 2 aliphatic heterocycles. The van der Waals surface area contributed by atoms with Gasteiger partial charge in [0.2, 0.25) is 17.7 Å². The molecule has 0 spiro atoms. The molecule has 70 heavy (non-hydrogen) atoms. The second-order valence-corrected chi connectivity index (χ2v) is 20.0. The van der Waals surface area contributed by atoms with Gasteiger partial charge in [-0.2, -0.15) is 18.4 Å². The molecule has 2 aliphatic rings. The number of unbranched alkanes of at least 4 members (excludes halogenated alkanes) is 2. The van der Waals surface area contributed by atoms with Crippen LogP contribution in [0.2, 0.25) is 0 Å². The van der Waals surface area contributed by atoms with Crippen molar-refractivity contribution in [2.75, 3.05) is 49.4 Å². The van der Waals surface area contributed by atoms with Crippen LogP contribution in [0.5, 0.6) is 5.75 Å². The highest BCUT2D eigenvalue weighted by atomic mass is 32.1. The zero-order valence-electron chi connectivity index (χ0n) is 40.3. The maximum Gasteiger partial charge on any atom is 0.417 e. The van der Waals surface area contributed by atoms with E-state index in [-0.39, 0.29) is 29.2 Å². The van der Waals surface area contributed by atoms with E-state index in [4.69, 9.17) is 26.4 Å². The number of ether oxygens (including phenoxy) is 3. The molecule has 3 aromatic carbocycles. The zero-order valence-corrected chi connectivity index (χ0v) is 42.0. The third kappa shape index (κ3) is 13.1. The van der Waals surface area contributed by atoms with Crippen LogP contribution < -0.4 is 25.2 Å². The van der Waals surface area contributed by atoms with Gasteiger partial charge in [-0.15, -0.1) is 11.3 Å². The fraction of sp³-hybridized carbons (Fsp3) is 0.471. The van der Waals surface area contributed by atoms with Crippen LogP contribution >= 0.6 is 23.6 Å². The number of carbonyl (C=O) groups excluding carboxylic acids is 4. The molecule has 2 atom stereocenters. The number of alkyl halides is 3. The number of carbonyl (C=O) groups is 4. The van der Waals surface area contributed by atoms with E-state index in [9.17, 15) is 37.6 Å². The first-order valence-corrected chi connectivity index (χ1v) is 24.6. The summed E-state index contributed by atoms with van der Waals surface area (Å²) in [6.07, 6.45) is -0.550. The number of amides is 4. The Hall–Kier alpha value is -5.94. The van der Waals surface area contributed by atoms with E-state index in [0.717, 1.165) is 58.0 Å². The maximum atomic E-state index is 13.9. The summed E-state index contributed by atoms with van der Waals surface area (Å²) < 4.78 is 58.4. The third-order valence-corrected chi connectivity index (χ3v) is 13.5. The average Bonchev–Trinajstić information content (AvgIpc) is 4.03. The molecule has 2 fully saturated rings. The van der Waals surface area contributed by atoms with Gasteiger partial charge in [-0.05, 0) is 131 Å². The molecule has 374 valence electrons. The Kier molecular flexibility index (Phi) is 17.8. The van der Waals surface area contributed by atoms with Crippen LogP contribution in [0.4, 0.5) is 24.5 Å². The van der Waals surface area contributed by atoms with E-state index in [0.29, 0.717) is 70.2 Å². The summed E-state index contributed by atoms with van der Waals surface area (Å²) in [5.74, 6) is -0.845. The van der Waals surface area contributed by atoms with E-state index in [1.165, 1.54) is 6.07 Å². The molecule has 1 unspecified atom stereocenters. The lowest BCUT2D eigenvalue weighted by atomic mass is 9.85. The number of hydrogen-bond donors (Lipinski definition) is 2. The number of aromatic nitrogens is 1. The number of anilines is 2. The van der Waals surface area contributed by atoms with Gasteiger partial charge in [0.15, 0.2) is 5.11 Å². The molecule has 0 saturated carbocycles. The van der Waals surface area contributed by atoms with E-state index in [1.807, 2.05) is 57.5 Å². The van der Waals surface area contributed by atoms with Crippen molar-refractivity contribution >= 4 is 63.7 Å². The molecule has 3 heterocycles. The first-order valence-electron chi connectivity index (χ1n) is 23.3. The number of thiazole rings is 1. The van der Waals surface area contributed by atoms with E-state index in [2.05, 4.69) is 15.6 Å². The molecule has 0 radical (unpaired) electrons. The maximum absolute atomic E-state index is 13.9. The fourth-order valence-corrected chi connectivity index (χ4v) is 9.67. The molecule has 4 aromatic rings. The largest absolute Gasteiger partial charge is 0.494 e. The normalized spacial score (nSPS) is 16.3. The molecule has 4 amide bonds. The van der Waals surface area contributed by atoms with Crippen LogP contribution in [-0.4, -0.2) is 95.8 Å². The van der Waals surface area contributed by atoms with Crippen LogP contribution in [0.15, 0.2) is 72.2 Å². The molecule has 19 heteroatoms. The Morgan fingerprint density at radius 2 is 1.61 bits per heavy atom. The molecule has 0 aliphatic carbocycles. The molecule has 0 bridgehead atoms. The van der Waals surface area contributed by atoms with Gasteiger partial charge in [-0.3, -0.25) is 24.1 Å². The number of halogens is 3. The fourth-order valence-electron chi connectivity index (χ4n) is 8.33. The first kappa shape index (κ1) is 53.4. The number of hydrogen-bond acceptors (Lipinski definition) is 11. The van der Waals surface area contributed by atoms with Crippen molar-refractivity contribution in [1.82, 2.24) is 20.5 Å². The van der Waals surface area contributed by atoms with Crippen LogP contribution in [0.3, 0.4) is 0 Å². The van der Waals surface area contributed by atoms with Crippen molar-refractivity contribution in [3.05, 3.63) is 94.6 Å². The summed E-state index contributed by atoms with van der Waals surface area (Å²) in [7, 11) is 0. The molecule has 14 nitrogen and oxygen atoms in total. The standard InChI is InChI=1S/C51H60F3N7O7S2/c1-33-43(70-32-57-33)35-15-13-34(14-16-35)30-56-45(63)41-12-10-23-59(41)46(64)44(49(2,3)4)58-42(62)31-67-26-11-25-66-24-8-7-9-27-68-39-21-19-37(20-22-39)61-48(69)60(47(65)50(61,5)6)38-18-17-36(29-55)40(28-38)51(52,53)54/h13-22,28,32,41,44H,7-12,23-27,30-31H2,1-6H3,(H,56,63)(H,58,62)/t41-,44?/m0/s1. The topological polar surface area (TPSA) is 166 Å². The van der Waals surface area contributed by atoms with Crippen LogP contribution in [-0.2, 0) is 41.4 Å². The number of thiocarbonyl (C=S) groups is 1. The second kappa shape index (κ2) is 23.3. The summed E-state index contributed by atoms with van der Waals surface area (Å²) in [4.78, 5) is 63.5. The number of nitriles is 1. The lowest BCUT2D eigenvalue weighted by molar-refractivity contribution is -0.144. The smallest absolute Gasteiger partial charge is 0.417 e. The predicted octanol–water partition coefficient (Wildman–Crippen LogP) is 8.74. The van der Waals surface area contributed by atoms with Gasteiger partial charge >= 0.3 is 6.18 Å². The summed E-state index contributed by atoms with van der Waals surface area (Å²) in [5.41, 5.74) is 1.76. The Balaban J connectivity index is 0.841. The number of likely N-dealkylation sites (tertiary alicyclic amines) is 1. The van der Waals surface area contributed by atoms with Crippen molar-refractivity contribution in [1.29, 1.82) is 5.26 Å². The van der Waals surface area contributed by atoms with Crippen molar-refractivity contribution in [2.24, 2.45) is 5.41 Å². The molecule has 1 aromatic heterocycles. The minimum atomic E-state index is -4.79. The van der Waals surface area contributed by atoms with E-state index in [1.54, 1.807) is 65.3 Å². The zero-order chi connectivity index (χ0) is 50.8. The third-order valence-electron chi connectivity index (χ3n) is 12.1. The second-order valence-electron chi connectivity index (χ2n) is 18.8. The summed E-state index contributed by atoms with van der Waals surface area (Å²) in [5, 5.41) is 15.1. The summed E-state index contributed by atoms with van der Waals surface area (Å²) in [6.45, 7) is 13.2. The molecule has 6 rings (SSSR count). The average molecular weight is 1000 g/mol. The SMILES string of the molecule is Cc1ncsc1-c1ccc(CNC(=O)[C@@H]2CCCN2C(=O)C(NC(=O)COCCCOCCCCCOc2ccc(N3C(=S)N(c4ccc(C#N)c(C(F)(F)F)c4)C(=O)C3(C)C)cc2)C(C)(C)C)cc1. The van der Waals surface area contributed by atoms with Crippen molar-refractivity contribution in [2.45, 2.75) is 110 Å². The predicted molar refractivity (Wildman–Crippen MR) is 265 cm³/mol. The van der Waals surface area contributed by atoms with Gasteiger partial charge in [0.05, 0.1) is 45.6 Å². The lowest BCUT2D eigenvalue weighted by Crippen LogP contribution is -2.58. The summed E-state index contributed by atoms with van der Waals surface area (Å²) >= 11 is 7.21. The number of aryl methyl sites for hydroxylation is 1. The van der Waals surface area contributed by atoms with Crippen molar-refractivity contribution < 1.29 is 46.6 Å². The van der Waals surface area contributed by atoms with E-state index >= 15 is 0 Å². The highest BCUT2D eigenvalue weighted by molar-refractivity contribution is 7.81. The first-order chi connectivity index (χ1) is 33.2. The van der Waals surface area contributed by atoms with Gasteiger partial charge in [-0.25, -0.2) is 4.98 Å². The monoisotopic (exact) mass is 1000 g/mol. The van der Waals surface area contributed by atoms with Crippen LogP contribution in [0.1, 0.15) is 95.5 Å². The Morgan fingerprint density at radius 1 is 0.943 bits per heavy atom. The molecular formula is C51H60F3N7O7S2. The number of benzene rings is 3. The highest BCUT2D eigenvalue weighted by Gasteiger charge is 2.51. The number of nitrogens with zero attached hydrogens (tertiary/aromatic N) is 5. The highest BCUT2D eigenvalue weighted by Crippen LogP contribution is 2.40. The minimum Gasteiger partial charge on any atom is -0.494 e. The Bertz CT molecular complexity index is 2540. The lowest BCUT2D eigenvalue weighted by Gasteiger charge is -2.35. The van der Waals surface area contributed by atoms with Gasteiger partial charge in [-0.1, -0.05) is 45.0 Å². The van der Waals surface area contributed by atoms with Crippen LogP contribution in [0, 0.1) is 23.7 Å². The number of nitrogens with one attached hydrogen (secondary N) is 2. The van der Waals surface area contributed by atoms with Gasteiger partial charge in [0.25, 0.3) is 5.91 Å². The van der Waals surface area contributed by atoms with Gasteiger partial charge in [0, 0.05) is 38.6 Å². The van der Waals surface area contributed by atoms with Crippen molar-refractivity contribution in [3.63, 3.8) is 0 Å². The van der Waals surface area contributed by atoms with Gasteiger partial charge in [0.1, 0.15) is 30.0 Å². The summed E-state index contributed by atoms with van der Waals surface area (Å²) in [6, 6.07) is 18.1. The van der Waals surface area contributed by atoms with Gasteiger partial charge < -0.3 is 34.6 Å². The molecule has 2 N–H and O–H groups in total. The Morgan fingerprint density at radius 3 is 2.27 bits per heavy atom. The van der Waals surface area contributed by atoms with Crippen LogP contribution in [0.25, 0.3) is 10.4 Å². The quantitative estimate of drug-likeness (QED) is 0.0606. The molecule has 2 saturated heterocycles. The Labute approximate surface area is 416 Å².